The first-order chi connectivity index (χ1) is 8.76. The van der Waals surface area contributed by atoms with Crippen molar-refractivity contribution in [2.75, 3.05) is 26.9 Å². The quantitative estimate of drug-likeness (QED) is 0.493. The van der Waals surface area contributed by atoms with Gasteiger partial charge in [0.2, 0.25) is 0 Å². The summed E-state index contributed by atoms with van der Waals surface area (Å²) in [6.07, 6.45) is 5.50. The number of carbonyl (C=O) groups excluding carboxylic acids is 1. The maximum atomic E-state index is 10.9. The van der Waals surface area contributed by atoms with Gasteiger partial charge in [0.15, 0.2) is 6.29 Å². The number of ether oxygens (including phenoxy) is 4. The number of hydrogen-bond donors (Lipinski definition) is 0. The molecule has 0 amide bonds. The zero-order chi connectivity index (χ0) is 13.2. The van der Waals surface area contributed by atoms with Crippen molar-refractivity contribution in [1.82, 2.24) is 0 Å². The summed E-state index contributed by atoms with van der Waals surface area (Å²) < 4.78 is 20.9. The molecule has 0 spiro atoms. The van der Waals surface area contributed by atoms with E-state index in [1.807, 2.05) is 0 Å². The highest BCUT2D eigenvalue weighted by atomic mass is 16.7. The Balaban J connectivity index is 2.03. The molecule has 0 aromatic heterocycles. The molecule has 0 aromatic rings. The molecule has 1 saturated heterocycles. The summed E-state index contributed by atoms with van der Waals surface area (Å²) in [5, 5.41) is 0. The molecule has 0 saturated carbocycles. The summed E-state index contributed by atoms with van der Waals surface area (Å²) in [6, 6.07) is 0. The number of methoxy groups -OCH3 is 1. The van der Waals surface area contributed by atoms with Crippen LogP contribution in [0.3, 0.4) is 0 Å². The topological polar surface area (TPSA) is 54.0 Å². The second-order valence-corrected chi connectivity index (χ2v) is 4.45. The average molecular weight is 260 g/mol. The molecule has 1 heterocycles. The minimum Gasteiger partial charge on any atom is -0.467 e. The maximum absolute atomic E-state index is 10.9. The molecule has 1 aliphatic heterocycles. The Morgan fingerprint density at radius 2 is 1.94 bits per heavy atom. The van der Waals surface area contributed by atoms with Gasteiger partial charge in [-0.3, -0.25) is 0 Å². The van der Waals surface area contributed by atoms with Gasteiger partial charge >= 0.3 is 5.97 Å². The van der Waals surface area contributed by atoms with Crippen molar-refractivity contribution in [2.24, 2.45) is 0 Å². The van der Waals surface area contributed by atoms with Crippen LogP contribution in [-0.4, -0.2) is 45.3 Å². The van der Waals surface area contributed by atoms with Gasteiger partial charge in [0.25, 0.3) is 0 Å². The van der Waals surface area contributed by atoms with E-state index in [2.05, 4.69) is 11.7 Å². The van der Waals surface area contributed by atoms with Crippen molar-refractivity contribution in [1.29, 1.82) is 0 Å². The van der Waals surface area contributed by atoms with Gasteiger partial charge in [-0.2, -0.15) is 0 Å². The summed E-state index contributed by atoms with van der Waals surface area (Å²) in [4.78, 5) is 10.9. The second-order valence-electron chi connectivity index (χ2n) is 4.45. The molecule has 1 fully saturated rings. The van der Waals surface area contributed by atoms with E-state index in [-0.39, 0.29) is 25.0 Å². The van der Waals surface area contributed by atoms with E-state index >= 15 is 0 Å². The zero-order valence-corrected chi connectivity index (χ0v) is 11.4. The maximum Gasteiger partial charge on any atom is 0.331 e. The van der Waals surface area contributed by atoms with E-state index in [4.69, 9.17) is 14.2 Å². The summed E-state index contributed by atoms with van der Waals surface area (Å²) in [5.41, 5.74) is 0. The molecule has 0 N–H and O–H groups in total. The lowest BCUT2D eigenvalue weighted by atomic mass is 10.1. The van der Waals surface area contributed by atoms with Crippen molar-refractivity contribution in [3.63, 3.8) is 0 Å². The third kappa shape index (κ3) is 6.33. The van der Waals surface area contributed by atoms with Crippen LogP contribution < -0.4 is 0 Å². The van der Waals surface area contributed by atoms with E-state index < -0.39 is 0 Å². The van der Waals surface area contributed by atoms with Crippen LogP contribution in [0.25, 0.3) is 0 Å². The second kappa shape index (κ2) is 9.30. The Bertz CT molecular complexity index is 223. The minimum absolute atomic E-state index is 0.0466. The lowest BCUT2D eigenvalue weighted by molar-refractivity contribution is -0.229. The molecular formula is C13H24O5. The normalized spacial score (nSPS) is 23.9. The molecule has 5 nitrogen and oxygen atoms in total. The Hall–Kier alpha value is -0.650. The summed E-state index contributed by atoms with van der Waals surface area (Å²) >= 11 is 0. The fourth-order valence-electron chi connectivity index (χ4n) is 1.77. The standard InChI is InChI=1S/C13H24O5/c1-3-4-5-6-7-13-17-8-11(9-18-13)16-10-12(14)15-2/h11,13H,3-10H2,1-2H3. The van der Waals surface area contributed by atoms with Crippen molar-refractivity contribution in [3.8, 4) is 0 Å². The Morgan fingerprint density at radius 1 is 1.22 bits per heavy atom. The van der Waals surface area contributed by atoms with Gasteiger partial charge in [0.1, 0.15) is 12.7 Å². The van der Waals surface area contributed by atoms with Gasteiger partial charge in [0, 0.05) is 0 Å². The van der Waals surface area contributed by atoms with Crippen LogP contribution in [0.15, 0.2) is 0 Å². The van der Waals surface area contributed by atoms with Crippen LogP contribution in [0.5, 0.6) is 0 Å². The number of carbonyl (C=O) groups is 1. The van der Waals surface area contributed by atoms with Gasteiger partial charge in [-0.25, -0.2) is 4.79 Å². The van der Waals surface area contributed by atoms with Crippen LogP contribution >= 0.6 is 0 Å². The van der Waals surface area contributed by atoms with E-state index in [0.29, 0.717) is 13.2 Å². The van der Waals surface area contributed by atoms with E-state index in [9.17, 15) is 4.79 Å². The first kappa shape index (κ1) is 15.4. The molecule has 0 aromatic carbocycles. The predicted octanol–water partition coefficient (Wildman–Crippen LogP) is 1.89. The van der Waals surface area contributed by atoms with Gasteiger partial charge in [-0.15, -0.1) is 0 Å². The first-order valence-corrected chi connectivity index (χ1v) is 6.68. The monoisotopic (exact) mass is 260 g/mol. The summed E-state index contributed by atoms with van der Waals surface area (Å²) in [5.74, 6) is -0.378. The van der Waals surface area contributed by atoms with Crippen LogP contribution in [0.1, 0.15) is 39.0 Å². The van der Waals surface area contributed by atoms with E-state index in [1.54, 1.807) is 0 Å². The van der Waals surface area contributed by atoms with Crippen LogP contribution in [0.4, 0.5) is 0 Å². The number of unbranched alkanes of at least 4 members (excludes halogenated alkanes) is 3. The number of rotatable bonds is 8. The lowest BCUT2D eigenvalue weighted by Gasteiger charge is -2.29. The molecule has 0 radical (unpaired) electrons. The minimum atomic E-state index is -0.378. The highest BCUT2D eigenvalue weighted by molar-refractivity contribution is 5.70. The molecule has 1 rings (SSSR count). The van der Waals surface area contributed by atoms with Gasteiger partial charge in [0.05, 0.1) is 20.3 Å². The fraction of sp³-hybridized carbons (Fsp3) is 0.923. The van der Waals surface area contributed by atoms with Crippen LogP contribution in [0.2, 0.25) is 0 Å². The average Bonchev–Trinajstić information content (AvgIpc) is 2.42. The third-order valence-electron chi connectivity index (χ3n) is 2.89. The highest BCUT2D eigenvalue weighted by Gasteiger charge is 2.23. The Morgan fingerprint density at radius 3 is 2.56 bits per heavy atom. The summed E-state index contributed by atoms with van der Waals surface area (Å²) in [7, 11) is 1.34. The zero-order valence-electron chi connectivity index (χ0n) is 11.4. The van der Waals surface area contributed by atoms with E-state index in [1.165, 1.54) is 26.4 Å². The van der Waals surface area contributed by atoms with Crippen LogP contribution in [-0.2, 0) is 23.7 Å². The van der Waals surface area contributed by atoms with Gasteiger partial charge < -0.3 is 18.9 Å². The SMILES string of the molecule is CCCCCCC1OCC(OCC(=O)OC)CO1. The first-order valence-electron chi connectivity index (χ1n) is 6.68. The lowest BCUT2D eigenvalue weighted by Crippen LogP contribution is -2.38. The van der Waals surface area contributed by atoms with Gasteiger partial charge in [-0.05, 0) is 12.8 Å². The molecule has 0 bridgehead atoms. The third-order valence-corrected chi connectivity index (χ3v) is 2.89. The van der Waals surface area contributed by atoms with Crippen LogP contribution in [0, 0.1) is 0 Å². The Labute approximate surface area is 109 Å². The van der Waals surface area contributed by atoms with Crippen molar-refractivity contribution < 1.29 is 23.7 Å². The molecular weight excluding hydrogens is 236 g/mol. The smallest absolute Gasteiger partial charge is 0.331 e. The molecule has 18 heavy (non-hydrogen) atoms. The number of esters is 1. The van der Waals surface area contributed by atoms with E-state index in [0.717, 1.165) is 12.8 Å². The molecule has 1 aliphatic rings. The Kier molecular flexibility index (Phi) is 7.96. The van der Waals surface area contributed by atoms with Crippen molar-refractivity contribution in [2.45, 2.75) is 51.4 Å². The molecule has 0 unspecified atom stereocenters. The fourth-order valence-corrected chi connectivity index (χ4v) is 1.77. The number of hydrogen-bond acceptors (Lipinski definition) is 5. The molecule has 0 aliphatic carbocycles. The molecule has 5 heteroatoms. The predicted molar refractivity (Wildman–Crippen MR) is 66.2 cm³/mol. The summed E-state index contributed by atoms with van der Waals surface area (Å²) in [6.45, 7) is 3.11. The largest absolute Gasteiger partial charge is 0.467 e. The molecule has 106 valence electrons. The van der Waals surface area contributed by atoms with Crippen molar-refractivity contribution >= 4 is 5.97 Å². The molecule has 0 atom stereocenters. The van der Waals surface area contributed by atoms with Crippen molar-refractivity contribution in [3.05, 3.63) is 0 Å². The highest BCUT2D eigenvalue weighted by Crippen LogP contribution is 2.15. The van der Waals surface area contributed by atoms with Gasteiger partial charge in [-0.1, -0.05) is 26.2 Å².